The minimum atomic E-state index is -1.01. The molecule has 0 amide bonds. The summed E-state index contributed by atoms with van der Waals surface area (Å²) in [6.07, 6.45) is 0. The maximum atomic E-state index is 9.91. The van der Waals surface area contributed by atoms with Gasteiger partial charge in [0, 0.05) is 34.2 Å². The van der Waals surface area contributed by atoms with Gasteiger partial charge in [0.2, 0.25) is 0 Å². The summed E-state index contributed by atoms with van der Waals surface area (Å²) in [5.41, 5.74) is -2.08. The minimum absolute atomic E-state index is 0. The second kappa shape index (κ2) is 19.5. The van der Waals surface area contributed by atoms with Gasteiger partial charge in [-0.1, -0.05) is 62.3 Å². The maximum absolute atomic E-state index is 9.91. The summed E-state index contributed by atoms with van der Waals surface area (Å²) in [4.78, 5) is 29.7. The third-order valence-corrected chi connectivity index (χ3v) is 1.84. The molecule has 0 aromatic carbocycles. The van der Waals surface area contributed by atoms with E-state index in [0.717, 1.165) is 0 Å². The van der Waals surface area contributed by atoms with Gasteiger partial charge in [0.1, 0.15) is 0 Å². The first kappa shape index (κ1) is 42.6. The molecule has 0 aromatic rings. The molecule has 24 heavy (non-hydrogen) atoms. The van der Waals surface area contributed by atoms with Crippen molar-refractivity contribution in [1.82, 2.24) is 0 Å². The monoisotopic (exact) mass is 702 g/mol. The average molecular weight is 702 g/mol. The van der Waals surface area contributed by atoms with Crippen molar-refractivity contribution in [2.75, 3.05) is 0 Å². The van der Waals surface area contributed by atoms with Crippen molar-refractivity contribution < 1.29 is 236 Å². The Balaban J connectivity index is -0.0000000476. The molecule has 0 saturated carbocycles. The summed E-state index contributed by atoms with van der Waals surface area (Å²) in [7, 11) is 0. The van der Waals surface area contributed by atoms with Crippen LogP contribution in [0.25, 0.3) is 0 Å². The summed E-state index contributed by atoms with van der Waals surface area (Å²) >= 11 is 0. The predicted octanol–water partition coefficient (Wildman–Crippen LogP) is -9.64. The number of carboxylic acids is 3. The van der Waals surface area contributed by atoms with Gasteiger partial charge in [-0.3, -0.25) is 0 Å². The maximum Gasteiger partial charge on any atom is 1.00 e. The molecule has 0 aliphatic heterocycles. The van der Waals surface area contributed by atoms with Gasteiger partial charge in [-0.05, 0) is 0 Å². The molecule has 9 heteroatoms. The van der Waals surface area contributed by atoms with E-state index in [4.69, 9.17) is 0 Å². The van der Waals surface area contributed by atoms with E-state index < -0.39 is 34.2 Å². The summed E-state index contributed by atoms with van der Waals surface area (Å²) in [6, 6.07) is 0. The van der Waals surface area contributed by atoms with Crippen molar-refractivity contribution in [2.45, 2.75) is 62.3 Å². The van der Waals surface area contributed by atoms with Crippen molar-refractivity contribution in [2.24, 2.45) is 16.2 Å². The molecule has 0 rings (SSSR count). The quantitative estimate of drug-likeness (QED) is 0.248. The normalized spacial score (nSPS) is 9.88. The molecule has 0 aliphatic rings. The van der Waals surface area contributed by atoms with Gasteiger partial charge in [0.15, 0.2) is 0 Å². The van der Waals surface area contributed by atoms with Crippen molar-refractivity contribution in [3.05, 3.63) is 0 Å². The minimum Gasteiger partial charge on any atom is -0.550 e. The number of carbonyl (C=O) groups is 3. The Morgan fingerprint density at radius 2 is 0.500 bits per heavy atom. The third-order valence-electron chi connectivity index (χ3n) is 1.84. The van der Waals surface area contributed by atoms with Crippen LogP contribution < -0.4 is 222 Å². The second-order valence-electron chi connectivity index (χ2n) is 7.61. The molecule has 0 bridgehead atoms. The van der Waals surface area contributed by atoms with Crippen LogP contribution in [-0.4, -0.2) is 17.9 Å². The van der Waals surface area contributed by atoms with Crippen LogP contribution in [0.5, 0.6) is 0 Å². The first-order valence-electron chi connectivity index (χ1n) is 6.47. The Labute approximate surface area is 323 Å². The van der Waals surface area contributed by atoms with Crippen LogP contribution in [0.15, 0.2) is 0 Å². The number of hydrogen-bond acceptors (Lipinski definition) is 6. The van der Waals surface area contributed by atoms with E-state index in [2.05, 4.69) is 0 Å². The van der Waals surface area contributed by atoms with E-state index in [1.165, 1.54) is 0 Å². The summed E-state index contributed by atoms with van der Waals surface area (Å²) in [5, 5.41) is 29.7. The molecule has 0 aromatic heterocycles. The van der Waals surface area contributed by atoms with Crippen LogP contribution in [0.4, 0.5) is 0 Å². The zero-order chi connectivity index (χ0) is 18.2. The predicted molar refractivity (Wildman–Crippen MR) is 73.4 cm³/mol. The number of hydrogen-bond donors (Lipinski definition) is 0. The number of carbonyl (C=O) groups excluding carboxylic acids is 3. The Morgan fingerprint density at radius 1 is 0.458 bits per heavy atom. The average Bonchev–Trinajstić information content (AvgIpc) is 2.14. The van der Waals surface area contributed by atoms with Crippen molar-refractivity contribution >= 4 is 17.9 Å². The SMILES string of the molecule is CC(C)(C)C(=O)[O-].CC(C)(C)C(=O)[O-].CC(C)(C)C(=O)[O-].[Cs+].[Cs+].[Cs+]. The molecule has 0 spiro atoms. The Kier molecular flexibility index (Phi) is 34.7. The van der Waals surface area contributed by atoms with Crippen LogP contribution in [0.3, 0.4) is 0 Å². The van der Waals surface area contributed by atoms with Gasteiger partial charge in [-0.2, -0.15) is 0 Å². The second-order valence-corrected chi connectivity index (χ2v) is 7.61. The van der Waals surface area contributed by atoms with Crippen molar-refractivity contribution in [1.29, 1.82) is 0 Å². The van der Waals surface area contributed by atoms with E-state index in [-0.39, 0.29) is 207 Å². The largest absolute Gasteiger partial charge is 1.00 e. The first-order valence-corrected chi connectivity index (χ1v) is 6.47. The number of aliphatic carboxylic acids is 3. The molecule has 0 saturated heterocycles. The molecule has 0 fully saturated rings. The van der Waals surface area contributed by atoms with E-state index in [9.17, 15) is 29.7 Å². The van der Waals surface area contributed by atoms with E-state index >= 15 is 0 Å². The zero-order valence-electron chi connectivity index (χ0n) is 17.4. The first-order chi connectivity index (χ1) is 8.83. The molecular weight excluding hydrogens is 675 g/mol. The summed E-state index contributed by atoms with van der Waals surface area (Å²) in [5.74, 6) is -3.02. The van der Waals surface area contributed by atoms with Gasteiger partial charge < -0.3 is 29.7 Å². The summed E-state index contributed by atoms with van der Waals surface area (Å²) in [6.45, 7) is 14.4. The molecule has 6 nitrogen and oxygen atoms in total. The molecular formula is C15H27Cs3O6. The molecule has 0 heterocycles. The number of carboxylic acid groups (broad SMARTS) is 3. The Bertz CT molecular complexity index is 306. The molecule has 0 unspecified atom stereocenters. The fourth-order valence-corrected chi connectivity index (χ4v) is 0. The van der Waals surface area contributed by atoms with Crippen LogP contribution in [-0.2, 0) is 14.4 Å². The Hall–Kier alpha value is 4.57. The van der Waals surface area contributed by atoms with E-state index in [0.29, 0.717) is 0 Å². The summed E-state index contributed by atoms with van der Waals surface area (Å²) < 4.78 is 0. The smallest absolute Gasteiger partial charge is 0.550 e. The van der Waals surface area contributed by atoms with E-state index in [1.807, 2.05) is 0 Å². The molecule has 0 N–H and O–H groups in total. The fourth-order valence-electron chi connectivity index (χ4n) is 0. The van der Waals surface area contributed by atoms with Gasteiger partial charge in [0.05, 0.1) is 0 Å². The van der Waals surface area contributed by atoms with Crippen LogP contribution in [0, 0.1) is 16.2 Å². The Morgan fingerprint density at radius 3 is 0.500 bits per heavy atom. The fraction of sp³-hybridized carbons (Fsp3) is 0.800. The third kappa shape index (κ3) is 34.1. The van der Waals surface area contributed by atoms with Gasteiger partial charge in [-0.15, -0.1) is 0 Å². The molecule has 0 aliphatic carbocycles. The van der Waals surface area contributed by atoms with Crippen molar-refractivity contribution in [3.8, 4) is 0 Å². The standard InChI is InChI=1S/3C5H10O2.3Cs/c3*1-5(2,3)4(6)7;;;/h3*1-3H3,(H,6,7);;;/q;;;3*+1/p-3. The number of rotatable bonds is 0. The van der Waals surface area contributed by atoms with Crippen LogP contribution in [0.1, 0.15) is 62.3 Å². The van der Waals surface area contributed by atoms with Gasteiger partial charge in [0.25, 0.3) is 0 Å². The van der Waals surface area contributed by atoms with Crippen LogP contribution in [0.2, 0.25) is 0 Å². The van der Waals surface area contributed by atoms with Crippen LogP contribution >= 0.6 is 0 Å². The van der Waals surface area contributed by atoms with Crippen molar-refractivity contribution in [3.63, 3.8) is 0 Å². The molecule has 126 valence electrons. The van der Waals surface area contributed by atoms with E-state index in [1.54, 1.807) is 62.3 Å². The molecule has 0 radical (unpaired) electrons. The van der Waals surface area contributed by atoms with Gasteiger partial charge >= 0.3 is 207 Å². The topological polar surface area (TPSA) is 120 Å². The zero-order valence-corrected chi connectivity index (χ0v) is 36.3. The van der Waals surface area contributed by atoms with Gasteiger partial charge in [-0.25, -0.2) is 0 Å². The molecule has 0 atom stereocenters.